The van der Waals surface area contributed by atoms with E-state index in [-0.39, 0.29) is 29.7 Å². The molecule has 1 aliphatic carbocycles. The molecule has 3 N–H and O–H groups in total. The molecule has 1 unspecified atom stereocenters. The Hall–Kier alpha value is -4.66. The van der Waals surface area contributed by atoms with Gasteiger partial charge in [0.05, 0.1) is 0 Å². The van der Waals surface area contributed by atoms with E-state index in [0.717, 1.165) is 0 Å². The molecule has 0 radical (unpaired) electrons. The second-order valence-electron chi connectivity index (χ2n) is 7.66. The van der Waals surface area contributed by atoms with E-state index in [0.29, 0.717) is 23.1 Å². The maximum atomic E-state index is 12.7. The minimum absolute atomic E-state index is 0.102. The Morgan fingerprint density at radius 2 is 1.15 bits per heavy atom. The summed E-state index contributed by atoms with van der Waals surface area (Å²) in [7, 11) is 0. The van der Waals surface area contributed by atoms with Crippen molar-refractivity contribution >= 4 is 35.6 Å². The Kier molecular flexibility index (Phi) is 6.83. The Morgan fingerprint density at radius 1 is 0.706 bits per heavy atom. The van der Waals surface area contributed by atoms with Gasteiger partial charge in [-0.2, -0.15) is 15.0 Å². The zero-order valence-corrected chi connectivity index (χ0v) is 18.4. The highest BCUT2D eigenvalue weighted by molar-refractivity contribution is 6.06. The van der Waals surface area contributed by atoms with Crippen LogP contribution in [-0.2, 0) is 4.79 Å². The topological polar surface area (TPSA) is 126 Å². The van der Waals surface area contributed by atoms with E-state index in [1.54, 1.807) is 66.7 Å². The number of carbonyl (C=O) groups excluding carboxylic acids is 3. The number of carbonyl (C=O) groups is 3. The highest BCUT2D eigenvalue weighted by Gasteiger charge is 2.18. The van der Waals surface area contributed by atoms with E-state index in [2.05, 4.69) is 30.9 Å². The number of benzene rings is 2. The van der Waals surface area contributed by atoms with Crippen molar-refractivity contribution in [3.05, 3.63) is 95.6 Å². The van der Waals surface area contributed by atoms with E-state index in [9.17, 15) is 14.4 Å². The Labute approximate surface area is 196 Å². The summed E-state index contributed by atoms with van der Waals surface area (Å²) in [5, 5.41) is 7.80. The molecule has 9 nitrogen and oxygen atoms in total. The van der Waals surface area contributed by atoms with Gasteiger partial charge in [-0.25, -0.2) is 0 Å². The lowest BCUT2D eigenvalue weighted by Crippen LogP contribution is -2.22. The van der Waals surface area contributed by atoms with Crippen LogP contribution < -0.4 is 16.0 Å². The molecule has 1 aliphatic rings. The van der Waals surface area contributed by atoms with Crippen LogP contribution in [0.15, 0.2) is 84.5 Å². The predicted octanol–water partition coefficient (Wildman–Crippen LogP) is 3.84. The fourth-order valence-electron chi connectivity index (χ4n) is 3.26. The van der Waals surface area contributed by atoms with Crippen LogP contribution in [-0.4, -0.2) is 32.7 Å². The number of hydrogen-bond acceptors (Lipinski definition) is 6. The summed E-state index contributed by atoms with van der Waals surface area (Å²) in [5.74, 6) is -1.37. The SMILES string of the molecule is CC1C=CC=C(C(=O)Nc2nc(NC(=O)c3ccccc3)nc(NC(=O)c3ccccc3)n2)C1. The van der Waals surface area contributed by atoms with Gasteiger partial charge in [0, 0.05) is 16.7 Å². The second-order valence-corrected chi connectivity index (χ2v) is 7.66. The molecule has 0 saturated heterocycles. The van der Waals surface area contributed by atoms with Crippen LogP contribution in [0.3, 0.4) is 0 Å². The number of aromatic nitrogens is 3. The fraction of sp³-hybridized carbons (Fsp3) is 0.120. The largest absolute Gasteiger partial charge is 0.290 e. The van der Waals surface area contributed by atoms with Gasteiger partial charge in [0.25, 0.3) is 17.7 Å². The van der Waals surface area contributed by atoms with Crippen LogP contribution in [0.1, 0.15) is 34.1 Å². The van der Waals surface area contributed by atoms with Gasteiger partial charge in [0.1, 0.15) is 0 Å². The van der Waals surface area contributed by atoms with Crippen molar-refractivity contribution in [1.29, 1.82) is 0 Å². The van der Waals surface area contributed by atoms with Crippen LogP contribution in [0, 0.1) is 5.92 Å². The van der Waals surface area contributed by atoms with Crippen molar-refractivity contribution in [3.63, 3.8) is 0 Å². The van der Waals surface area contributed by atoms with Crippen molar-refractivity contribution < 1.29 is 14.4 Å². The van der Waals surface area contributed by atoms with Crippen molar-refractivity contribution in [3.8, 4) is 0 Å². The molecule has 1 aromatic heterocycles. The number of amides is 3. The lowest BCUT2D eigenvalue weighted by atomic mass is 9.95. The maximum absolute atomic E-state index is 12.7. The van der Waals surface area contributed by atoms with Gasteiger partial charge in [-0.3, -0.25) is 30.3 Å². The van der Waals surface area contributed by atoms with Gasteiger partial charge < -0.3 is 0 Å². The molecule has 0 spiro atoms. The molecule has 0 fully saturated rings. The highest BCUT2D eigenvalue weighted by Crippen LogP contribution is 2.20. The van der Waals surface area contributed by atoms with Crippen LogP contribution >= 0.6 is 0 Å². The zero-order chi connectivity index (χ0) is 23.9. The Balaban J connectivity index is 1.59. The fourth-order valence-corrected chi connectivity index (χ4v) is 3.26. The van der Waals surface area contributed by atoms with Gasteiger partial charge >= 0.3 is 0 Å². The highest BCUT2D eigenvalue weighted by atomic mass is 16.2. The monoisotopic (exact) mass is 454 g/mol. The molecular weight excluding hydrogens is 432 g/mol. The zero-order valence-electron chi connectivity index (χ0n) is 18.4. The molecule has 2 aromatic carbocycles. The first-order chi connectivity index (χ1) is 16.5. The van der Waals surface area contributed by atoms with E-state index < -0.39 is 11.8 Å². The lowest BCUT2D eigenvalue weighted by molar-refractivity contribution is -0.113. The molecule has 9 heteroatoms. The molecule has 0 bridgehead atoms. The van der Waals surface area contributed by atoms with E-state index in [1.165, 1.54) is 0 Å². The van der Waals surface area contributed by atoms with E-state index in [4.69, 9.17) is 0 Å². The second kappa shape index (κ2) is 10.3. The number of rotatable bonds is 6. The van der Waals surface area contributed by atoms with Gasteiger partial charge in [0.15, 0.2) is 0 Å². The molecule has 4 rings (SSSR count). The molecule has 3 amide bonds. The number of nitrogens with one attached hydrogen (secondary N) is 3. The third-order valence-electron chi connectivity index (χ3n) is 4.95. The minimum Gasteiger partial charge on any atom is -0.290 e. The third kappa shape index (κ3) is 5.77. The first-order valence-electron chi connectivity index (χ1n) is 10.7. The van der Waals surface area contributed by atoms with Crippen LogP contribution in [0.25, 0.3) is 0 Å². The summed E-state index contributed by atoms with van der Waals surface area (Å²) in [6.45, 7) is 2.01. The van der Waals surface area contributed by atoms with Gasteiger partial charge in [-0.1, -0.05) is 61.5 Å². The Morgan fingerprint density at radius 3 is 1.59 bits per heavy atom. The average molecular weight is 454 g/mol. The molecule has 0 aliphatic heterocycles. The molecule has 0 saturated carbocycles. The van der Waals surface area contributed by atoms with Crippen molar-refractivity contribution in [1.82, 2.24) is 15.0 Å². The third-order valence-corrected chi connectivity index (χ3v) is 4.95. The van der Waals surface area contributed by atoms with Crippen LogP contribution in [0.5, 0.6) is 0 Å². The smallest absolute Gasteiger partial charge is 0.258 e. The molecule has 34 heavy (non-hydrogen) atoms. The standard InChI is InChI=1S/C25H22N6O3/c1-16-9-8-14-19(15-16)22(34)28-25-30-23(26-20(32)17-10-4-2-5-11-17)29-24(31-25)27-21(33)18-12-6-3-7-13-18/h2-14,16H,15H2,1H3,(H3,26,27,28,29,30,31,32,33,34). The quantitative estimate of drug-likeness (QED) is 0.520. The van der Waals surface area contributed by atoms with Crippen molar-refractivity contribution in [2.75, 3.05) is 16.0 Å². The molecule has 3 aromatic rings. The predicted molar refractivity (Wildman–Crippen MR) is 128 cm³/mol. The van der Waals surface area contributed by atoms with Crippen molar-refractivity contribution in [2.24, 2.45) is 5.92 Å². The molecule has 170 valence electrons. The van der Waals surface area contributed by atoms with Crippen LogP contribution in [0.2, 0.25) is 0 Å². The Bertz CT molecular complexity index is 1200. The average Bonchev–Trinajstić information content (AvgIpc) is 2.85. The summed E-state index contributed by atoms with van der Waals surface area (Å²) in [6, 6.07) is 17.1. The molecule has 1 heterocycles. The van der Waals surface area contributed by atoms with Crippen LogP contribution in [0.4, 0.5) is 17.8 Å². The summed E-state index contributed by atoms with van der Waals surface area (Å²) in [6.07, 6.45) is 6.14. The number of anilines is 3. The summed E-state index contributed by atoms with van der Waals surface area (Å²) < 4.78 is 0. The van der Waals surface area contributed by atoms with Gasteiger partial charge in [0.2, 0.25) is 17.8 Å². The first kappa shape index (κ1) is 22.5. The van der Waals surface area contributed by atoms with E-state index in [1.807, 2.05) is 19.1 Å². The first-order valence-corrected chi connectivity index (χ1v) is 10.7. The number of allylic oxidation sites excluding steroid dienone is 3. The number of nitrogens with zero attached hydrogens (tertiary/aromatic N) is 3. The molecular formula is C25H22N6O3. The summed E-state index contributed by atoms with van der Waals surface area (Å²) in [5.41, 5.74) is 1.37. The maximum Gasteiger partial charge on any atom is 0.258 e. The normalized spacial score (nSPS) is 14.6. The summed E-state index contributed by atoms with van der Waals surface area (Å²) in [4.78, 5) is 50.3. The van der Waals surface area contributed by atoms with E-state index >= 15 is 0 Å². The van der Waals surface area contributed by atoms with Crippen molar-refractivity contribution in [2.45, 2.75) is 13.3 Å². The van der Waals surface area contributed by atoms with Gasteiger partial charge in [-0.05, 0) is 36.6 Å². The number of hydrogen-bond donors (Lipinski definition) is 3. The lowest BCUT2D eigenvalue weighted by Gasteiger charge is -2.14. The molecule has 1 atom stereocenters. The summed E-state index contributed by atoms with van der Waals surface area (Å²) >= 11 is 0. The minimum atomic E-state index is -0.446. The van der Waals surface area contributed by atoms with Gasteiger partial charge in [-0.15, -0.1) is 0 Å².